The largest absolute Gasteiger partial charge is 0.480 e. The summed E-state index contributed by atoms with van der Waals surface area (Å²) < 4.78 is 28.5. The fraction of sp³-hybridized carbons (Fsp3) is 0.391. The average molecular weight is 495 g/mol. The van der Waals surface area contributed by atoms with Crippen LogP contribution in [-0.2, 0) is 19.4 Å². The number of hydrogen-bond donors (Lipinski definition) is 2. The number of carboxylic acids is 1. The number of sulfone groups is 1. The summed E-state index contributed by atoms with van der Waals surface area (Å²) in [6.45, 7) is 1.24. The first-order valence-corrected chi connectivity index (χ1v) is 12.4. The smallest absolute Gasteiger partial charge is 0.407 e. The van der Waals surface area contributed by atoms with Gasteiger partial charge in [-0.1, -0.05) is 48.5 Å². The Hall–Kier alpha value is -2.62. The van der Waals surface area contributed by atoms with Crippen molar-refractivity contribution in [2.45, 2.75) is 18.4 Å². The molecule has 0 saturated carbocycles. The molecule has 2 N–H and O–H groups in total. The number of carbonyl (C=O) groups is 2. The third-order valence-electron chi connectivity index (χ3n) is 6.10. The Balaban J connectivity index is 0.00000306. The van der Waals surface area contributed by atoms with Gasteiger partial charge in [-0.3, -0.25) is 0 Å². The van der Waals surface area contributed by atoms with E-state index in [-0.39, 0.29) is 42.9 Å². The van der Waals surface area contributed by atoms with Crippen LogP contribution in [0.4, 0.5) is 4.79 Å². The number of amides is 1. The first kappa shape index (κ1) is 25.0. The van der Waals surface area contributed by atoms with Gasteiger partial charge in [-0.2, -0.15) is 0 Å². The first-order valence-electron chi connectivity index (χ1n) is 10.6. The fourth-order valence-corrected chi connectivity index (χ4v) is 5.60. The van der Waals surface area contributed by atoms with Crippen molar-refractivity contribution < 1.29 is 27.9 Å². The summed E-state index contributed by atoms with van der Waals surface area (Å²) in [7, 11) is -3.00. The Morgan fingerprint density at radius 3 is 2.12 bits per heavy atom. The molecule has 1 saturated heterocycles. The van der Waals surface area contributed by atoms with Crippen LogP contribution in [0.25, 0.3) is 11.1 Å². The summed E-state index contributed by atoms with van der Waals surface area (Å²) >= 11 is 0. The summed E-state index contributed by atoms with van der Waals surface area (Å²) in [5.74, 6) is -1.11. The summed E-state index contributed by atoms with van der Waals surface area (Å²) in [6, 6.07) is 14.8. The Kier molecular flexibility index (Phi) is 7.99. The number of rotatable bonds is 7. The van der Waals surface area contributed by atoms with Crippen LogP contribution in [0.5, 0.6) is 0 Å². The highest BCUT2D eigenvalue weighted by atomic mass is 35.5. The SMILES string of the molecule is Cl.O=C(N[C@@H](CCN1CCS(=O)(=O)CC1)C(=O)O)OCC1c2ccccc2-c2ccccc21. The molecule has 1 amide bonds. The van der Waals surface area contributed by atoms with E-state index in [0.29, 0.717) is 19.6 Å². The number of ether oxygens (including phenoxy) is 1. The Morgan fingerprint density at radius 1 is 1.03 bits per heavy atom. The Morgan fingerprint density at radius 2 is 1.58 bits per heavy atom. The van der Waals surface area contributed by atoms with Crippen molar-refractivity contribution in [1.82, 2.24) is 10.2 Å². The lowest BCUT2D eigenvalue weighted by molar-refractivity contribution is -0.139. The standard InChI is InChI=1S/C23H26N2O6S.ClH/c26-22(27)21(9-10-25-11-13-32(29,30)14-12-25)24-23(28)31-15-20-18-7-3-1-5-16(18)17-6-2-4-8-19(17)20;/h1-8,20-21H,9-15H2,(H,24,28)(H,26,27);1H/t21-;/m0./s1. The van der Waals surface area contributed by atoms with Crippen molar-refractivity contribution >= 4 is 34.3 Å². The predicted molar refractivity (Wildman–Crippen MR) is 127 cm³/mol. The van der Waals surface area contributed by atoms with Gasteiger partial charge < -0.3 is 20.1 Å². The second kappa shape index (κ2) is 10.5. The molecule has 8 nitrogen and oxygen atoms in total. The molecular weight excluding hydrogens is 468 g/mol. The van der Waals surface area contributed by atoms with Gasteiger partial charge in [0.15, 0.2) is 9.84 Å². The van der Waals surface area contributed by atoms with Gasteiger partial charge in [0.25, 0.3) is 0 Å². The minimum atomic E-state index is -3.00. The van der Waals surface area contributed by atoms with E-state index in [1.165, 1.54) is 0 Å². The molecule has 1 aliphatic carbocycles. The molecule has 4 rings (SSSR count). The number of nitrogens with zero attached hydrogens (tertiary/aromatic N) is 1. The number of benzene rings is 2. The molecule has 0 aromatic heterocycles. The number of carbonyl (C=O) groups excluding carboxylic acids is 1. The molecule has 1 aliphatic heterocycles. The number of aliphatic carboxylic acids is 1. The van der Waals surface area contributed by atoms with Crippen LogP contribution in [-0.4, -0.2) is 74.3 Å². The zero-order valence-electron chi connectivity index (χ0n) is 18.0. The fourth-order valence-electron chi connectivity index (χ4n) is 4.33. The van der Waals surface area contributed by atoms with Crippen LogP contribution in [0, 0.1) is 0 Å². The van der Waals surface area contributed by atoms with Crippen molar-refractivity contribution in [1.29, 1.82) is 0 Å². The van der Waals surface area contributed by atoms with Gasteiger partial charge >= 0.3 is 12.1 Å². The zero-order valence-corrected chi connectivity index (χ0v) is 19.6. The van der Waals surface area contributed by atoms with Crippen molar-refractivity contribution in [2.24, 2.45) is 0 Å². The van der Waals surface area contributed by atoms with Crippen LogP contribution in [0.1, 0.15) is 23.5 Å². The van der Waals surface area contributed by atoms with Crippen LogP contribution in [0.3, 0.4) is 0 Å². The number of nitrogens with one attached hydrogen (secondary N) is 1. The lowest BCUT2D eigenvalue weighted by atomic mass is 9.98. The number of alkyl carbamates (subject to hydrolysis) is 1. The highest BCUT2D eigenvalue weighted by Gasteiger charge is 2.30. The highest BCUT2D eigenvalue weighted by Crippen LogP contribution is 2.44. The Labute approximate surface area is 199 Å². The first-order chi connectivity index (χ1) is 15.3. The van der Waals surface area contributed by atoms with Crippen molar-refractivity contribution in [2.75, 3.05) is 37.7 Å². The molecule has 1 heterocycles. The van der Waals surface area contributed by atoms with E-state index in [1.54, 1.807) is 0 Å². The second-order valence-electron chi connectivity index (χ2n) is 8.14. The number of halogens is 1. The van der Waals surface area contributed by atoms with E-state index in [9.17, 15) is 23.1 Å². The minimum Gasteiger partial charge on any atom is -0.480 e. The summed E-state index contributed by atoms with van der Waals surface area (Å²) in [5, 5.41) is 11.9. The van der Waals surface area contributed by atoms with E-state index >= 15 is 0 Å². The van der Waals surface area contributed by atoms with Gasteiger partial charge in [0.1, 0.15) is 12.6 Å². The molecule has 2 aromatic carbocycles. The summed E-state index contributed by atoms with van der Waals surface area (Å²) in [5.41, 5.74) is 4.39. The molecular formula is C23H27ClN2O6S. The lowest BCUT2D eigenvalue weighted by Crippen LogP contribution is -2.46. The van der Waals surface area contributed by atoms with Gasteiger partial charge in [-0.15, -0.1) is 12.4 Å². The Bertz CT molecular complexity index is 1060. The van der Waals surface area contributed by atoms with Crippen molar-refractivity contribution in [3.05, 3.63) is 59.7 Å². The molecule has 178 valence electrons. The monoisotopic (exact) mass is 494 g/mol. The van der Waals surface area contributed by atoms with Crippen molar-refractivity contribution in [3.8, 4) is 11.1 Å². The second-order valence-corrected chi connectivity index (χ2v) is 10.4. The maximum absolute atomic E-state index is 12.4. The maximum Gasteiger partial charge on any atom is 0.407 e. The molecule has 0 unspecified atom stereocenters. The number of carboxylic acid groups (broad SMARTS) is 1. The summed E-state index contributed by atoms with van der Waals surface area (Å²) in [4.78, 5) is 25.9. The van der Waals surface area contributed by atoms with Crippen LogP contribution in [0.15, 0.2) is 48.5 Å². The van der Waals surface area contributed by atoms with E-state index in [2.05, 4.69) is 5.32 Å². The molecule has 1 atom stereocenters. The molecule has 0 bridgehead atoms. The van der Waals surface area contributed by atoms with E-state index in [0.717, 1.165) is 22.3 Å². The quantitative estimate of drug-likeness (QED) is 0.608. The molecule has 2 aliphatic rings. The minimum absolute atomic E-state index is 0. The van der Waals surface area contributed by atoms with Gasteiger partial charge in [-0.25, -0.2) is 18.0 Å². The van der Waals surface area contributed by atoms with Crippen LogP contribution >= 0.6 is 12.4 Å². The van der Waals surface area contributed by atoms with Crippen molar-refractivity contribution in [3.63, 3.8) is 0 Å². The average Bonchev–Trinajstić information content (AvgIpc) is 3.09. The molecule has 0 spiro atoms. The topological polar surface area (TPSA) is 113 Å². The van der Waals surface area contributed by atoms with E-state index in [1.807, 2.05) is 53.4 Å². The van der Waals surface area contributed by atoms with Gasteiger partial charge in [0.2, 0.25) is 0 Å². The normalized spacial score (nSPS) is 17.8. The van der Waals surface area contributed by atoms with Gasteiger partial charge in [-0.05, 0) is 28.7 Å². The number of fused-ring (bicyclic) bond motifs is 3. The van der Waals surface area contributed by atoms with Crippen LogP contribution in [0.2, 0.25) is 0 Å². The maximum atomic E-state index is 12.4. The molecule has 1 fully saturated rings. The van der Waals surface area contributed by atoms with Gasteiger partial charge in [0, 0.05) is 25.6 Å². The highest BCUT2D eigenvalue weighted by molar-refractivity contribution is 7.91. The number of hydrogen-bond acceptors (Lipinski definition) is 6. The molecule has 0 radical (unpaired) electrons. The third-order valence-corrected chi connectivity index (χ3v) is 7.71. The summed E-state index contributed by atoms with van der Waals surface area (Å²) in [6.07, 6.45) is -0.611. The molecule has 2 aromatic rings. The lowest BCUT2D eigenvalue weighted by Gasteiger charge is -2.27. The molecule has 10 heteroatoms. The van der Waals surface area contributed by atoms with Gasteiger partial charge in [0.05, 0.1) is 11.5 Å². The zero-order chi connectivity index (χ0) is 22.7. The third kappa shape index (κ3) is 5.85. The van der Waals surface area contributed by atoms with Crippen LogP contribution < -0.4 is 5.32 Å². The predicted octanol–water partition coefficient (Wildman–Crippen LogP) is 2.52. The van der Waals surface area contributed by atoms with E-state index < -0.39 is 27.9 Å². The van der Waals surface area contributed by atoms with E-state index in [4.69, 9.17) is 4.74 Å². The molecule has 33 heavy (non-hydrogen) atoms.